The van der Waals surface area contributed by atoms with Gasteiger partial charge in [0.2, 0.25) is 10.0 Å². The molecule has 2 N–H and O–H groups in total. The molecule has 0 bridgehead atoms. The van der Waals surface area contributed by atoms with Crippen LogP contribution in [-0.2, 0) is 22.3 Å². The van der Waals surface area contributed by atoms with Crippen molar-refractivity contribution in [3.05, 3.63) is 46.5 Å². The van der Waals surface area contributed by atoms with Gasteiger partial charge in [-0.1, -0.05) is 24.3 Å². The van der Waals surface area contributed by atoms with Crippen LogP contribution in [0.25, 0.3) is 0 Å². The van der Waals surface area contributed by atoms with Crippen molar-refractivity contribution < 1.29 is 8.42 Å². The predicted molar refractivity (Wildman–Crippen MR) is 82.3 cm³/mol. The number of benzene rings is 1. The normalized spacial score (nSPS) is 11.5. The zero-order valence-electron chi connectivity index (χ0n) is 11.4. The van der Waals surface area contributed by atoms with Gasteiger partial charge in [-0.2, -0.15) is 0 Å². The van der Waals surface area contributed by atoms with E-state index in [9.17, 15) is 8.42 Å². The predicted octanol–water partition coefficient (Wildman–Crippen LogP) is 2.11. The SMILES string of the molecule is CNCc1cccc(CS(=O)(=O)Nc2nc(C)cs2)c1. The third-order valence-corrected chi connectivity index (χ3v) is 4.81. The zero-order chi connectivity index (χ0) is 14.6. The maximum Gasteiger partial charge on any atom is 0.238 e. The van der Waals surface area contributed by atoms with Gasteiger partial charge in [0.15, 0.2) is 5.13 Å². The summed E-state index contributed by atoms with van der Waals surface area (Å²) in [6, 6.07) is 7.53. The Morgan fingerprint density at radius 1 is 1.30 bits per heavy atom. The molecule has 7 heteroatoms. The lowest BCUT2D eigenvalue weighted by atomic mass is 10.1. The first-order valence-electron chi connectivity index (χ1n) is 6.13. The van der Waals surface area contributed by atoms with Crippen LogP contribution in [0.5, 0.6) is 0 Å². The topological polar surface area (TPSA) is 71.1 Å². The molecule has 1 aromatic heterocycles. The summed E-state index contributed by atoms with van der Waals surface area (Å²) in [6.45, 7) is 2.54. The monoisotopic (exact) mass is 311 g/mol. The summed E-state index contributed by atoms with van der Waals surface area (Å²) >= 11 is 1.29. The number of aromatic nitrogens is 1. The van der Waals surface area contributed by atoms with Gasteiger partial charge in [0.1, 0.15) is 0 Å². The molecule has 0 spiro atoms. The second kappa shape index (κ2) is 6.34. The van der Waals surface area contributed by atoms with Crippen molar-refractivity contribution in [2.75, 3.05) is 11.8 Å². The minimum Gasteiger partial charge on any atom is -0.316 e. The van der Waals surface area contributed by atoms with E-state index in [4.69, 9.17) is 0 Å². The third-order valence-electron chi connectivity index (χ3n) is 2.59. The molecular weight excluding hydrogens is 294 g/mol. The first-order valence-corrected chi connectivity index (χ1v) is 8.67. The lowest BCUT2D eigenvalue weighted by Gasteiger charge is -2.07. The molecule has 0 amide bonds. The Kier molecular flexibility index (Phi) is 4.74. The van der Waals surface area contributed by atoms with E-state index in [1.54, 1.807) is 0 Å². The van der Waals surface area contributed by atoms with E-state index in [-0.39, 0.29) is 5.75 Å². The number of nitrogens with zero attached hydrogens (tertiary/aromatic N) is 1. The third kappa shape index (κ3) is 4.29. The van der Waals surface area contributed by atoms with E-state index < -0.39 is 10.0 Å². The second-order valence-electron chi connectivity index (χ2n) is 4.51. The van der Waals surface area contributed by atoms with E-state index in [2.05, 4.69) is 15.0 Å². The fourth-order valence-corrected chi connectivity index (χ4v) is 3.93. The van der Waals surface area contributed by atoms with Gasteiger partial charge in [-0.3, -0.25) is 4.72 Å². The smallest absolute Gasteiger partial charge is 0.238 e. The van der Waals surface area contributed by atoms with E-state index in [1.165, 1.54) is 11.3 Å². The van der Waals surface area contributed by atoms with Crippen LogP contribution in [0, 0.1) is 6.92 Å². The number of anilines is 1. The molecule has 0 aliphatic heterocycles. The van der Waals surface area contributed by atoms with Crippen LogP contribution in [0.15, 0.2) is 29.6 Å². The van der Waals surface area contributed by atoms with Crippen molar-refractivity contribution in [1.29, 1.82) is 0 Å². The summed E-state index contributed by atoms with van der Waals surface area (Å²) in [5, 5.41) is 5.27. The van der Waals surface area contributed by atoms with Crippen LogP contribution in [0.3, 0.4) is 0 Å². The quantitative estimate of drug-likeness (QED) is 0.857. The average Bonchev–Trinajstić information content (AvgIpc) is 2.74. The summed E-state index contributed by atoms with van der Waals surface area (Å²) in [7, 11) is -1.57. The second-order valence-corrected chi connectivity index (χ2v) is 7.09. The minimum atomic E-state index is -3.43. The van der Waals surface area contributed by atoms with Crippen LogP contribution in [0.2, 0.25) is 0 Å². The molecule has 2 aromatic rings. The van der Waals surface area contributed by atoms with Gasteiger partial charge in [-0.05, 0) is 25.1 Å². The number of aryl methyl sites for hydroxylation is 1. The van der Waals surface area contributed by atoms with Crippen LogP contribution < -0.4 is 10.0 Å². The standard InChI is InChI=1S/C13H17N3O2S2/c1-10-8-19-13(15-10)16-20(17,18)9-12-5-3-4-11(6-12)7-14-2/h3-6,8,14H,7,9H2,1-2H3,(H,15,16). The van der Waals surface area contributed by atoms with Gasteiger partial charge in [-0.15, -0.1) is 11.3 Å². The summed E-state index contributed by atoms with van der Waals surface area (Å²) < 4.78 is 26.7. The maximum atomic E-state index is 12.1. The van der Waals surface area contributed by atoms with E-state index in [1.807, 2.05) is 43.6 Å². The average molecular weight is 311 g/mol. The molecule has 0 radical (unpaired) electrons. The first kappa shape index (κ1) is 15.0. The van der Waals surface area contributed by atoms with Gasteiger partial charge in [-0.25, -0.2) is 13.4 Å². The van der Waals surface area contributed by atoms with Crippen LogP contribution >= 0.6 is 11.3 Å². The summed E-state index contributed by atoms with van der Waals surface area (Å²) in [5.41, 5.74) is 2.63. The van der Waals surface area contributed by atoms with Crippen LogP contribution in [-0.4, -0.2) is 20.4 Å². The van der Waals surface area contributed by atoms with Crippen molar-refractivity contribution in [3.8, 4) is 0 Å². The molecule has 0 aliphatic carbocycles. The van der Waals surface area contributed by atoms with Crippen molar-refractivity contribution in [3.63, 3.8) is 0 Å². The van der Waals surface area contributed by atoms with Gasteiger partial charge < -0.3 is 5.32 Å². The Bertz CT molecular complexity index is 680. The lowest BCUT2D eigenvalue weighted by molar-refractivity contribution is 0.600. The summed E-state index contributed by atoms with van der Waals surface area (Å²) in [4.78, 5) is 4.10. The van der Waals surface area contributed by atoms with E-state index in [0.29, 0.717) is 11.7 Å². The Morgan fingerprint density at radius 2 is 2.05 bits per heavy atom. The first-order chi connectivity index (χ1) is 9.48. The largest absolute Gasteiger partial charge is 0.316 e. The molecule has 1 aromatic carbocycles. The molecule has 0 saturated carbocycles. The molecular formula is C13H17N3O2S2. The van der Waals surface area contributed by atoms with Gasteiger partial charge in [0.05, 0.1) is 11.4 Å². The van der Waals surface area contributed by atoms with Crippen molar-refractivity contribution in [2.45, 2.75) is 19.2 Å². The highest BCUT2D eigenvalue weighted by Gasteiger charge is 2.13. The van der Waals surface area contributed by atoms with Gasteiger partial charge >= 0.3 is 0 Å². The number of rotatable bonds is 6. The Labute approximate surface area is 123 Å². The zero-order valence-corrected chi connectivity index (χ0v) is 13.0. The molecule has 2 rings (SSSR count). The van der Waals surface area contributed by atoms with Crippen LogP contribution in [0.4, 0.5) is 5.13 Å². The maximum absolute atomic E-state index is 12.1. The molecule has 0 saturated heterocycles. The van der Waals surface area contributed by atoms with Crippen molar-refractivity contribution in [1.82, 2.24) is 10.3 Å². The van der Waals surface area contributed by atoms with Crippen LogP contribution in [0.1, 0.15) is 16.8 Å². The van der Waals surface area contributed by atoms with Gasteiger partial charge in [0, 0.05) is 11.9 Å². The molecule has 1 heterocycles. The van der Waals surface area contributed by atoms with Crippen molar-refractivity contribution in [2.24, 2.45) is 0 Å². The molecule has 0 aliphatic rings. The molecule has 5 nitrogen and oxygen atoms in total. The minimum absolute atomic E-state index is 0.0524. The number of sulfonamides is 1. The van der Waals surface area contributed by atoms with Crippen molar-refractivity contribution >= 4 is 26.5 Å². The summed E-state index contributed by atoms with van der Waals surface area (Å²) in [6.07, 6.45) is 0. The summed E-state index contributed by atoms with van der Waals surface area (Å²) in [5.74, 6) is -0.0524. The number of hydrogen-bond donors (Lipinski definition) is 2. The Morgan fingerprint density at radius 3 is 2.70 bits per heavy atom. The molecule has 20 heavy (non-hydrogen) atoms. The number of hydrogen-bond acceptors (Lipinski definition) is 5. The molecule has 0 fully saturated rings. The van der Waals surface area contributed by atoms with Gasteiger partial charge in [0.25, 0.3) is 0 Å². The number of thiazole rings is 1. The highest BCUT2D eigenvalue weighted by Crippen LogP contribution is 2.18. The van der Waals surface area contributed by atoms with E-state index >= 15 is 0 Å². The Balaban J connectivity index is 2.09. The highest BCUT2D eigenvalue weighted by atomic mass is 32.2. The molecule has 108 valence electrons. The lowest BCUT2D eigenvalue weighted by Crippen LogP contribution is -2.15. The Hall–Kier alpha value is -1.44. The fraction of sp³-hybridized carbons (Fsp3) is 0.308. The molecule has 0 atom stereocenters. The number of nitrogens with one attached hydrogen (secondary N) is 2. The van der Waals surface area contributed by atoms with E-state index in [0.717, 1.165) is 16.8 Å². The molecule has 0 unspecified atom stereocenters. The fourth-order valence-electron chi connectivity index (χ4n) is 1.82. The highest BCUT2D eigenvalue weighted by molar-refractivity contribution is 7.92.